The van der Waals surface area contributed by atoms with Crippen molar-refractivity contribution in [3.05, 3.63) is 6.54 Å². The molecular formula is C10H21N2. The predicted molar refractivity (Wildman–Crippen MR) is 52.6 cm³/mol. The Morgan fingerprint density at radius 2 is 1.83 bits per heavy atom. The van der Waals surface area contributed by atoms with Crippen LogP contribution in [0.4, 0.5) is 0 Å². The van der Waals surface area contributed by atoms with E-state index in [-0.39, 0.29) is 0 Å². The highest BCUT2D eigenvalue weighted by atomic mass is 15.1. The Hall–Kier alpha value is -0.0800. The Balaban J connectivity index is 1.91. The van der Waals surface area contributed by atoms with E-state index in [0.717, 1.165) is 6.42 Å². The molecule has 0 saturated carbocycles. The van der Waals surface area contributed by atoms with Crippen LogP contribution in [-0.2, 0) is 0 Å². The summed E-state index contributed by atoms with van der Waals surface area (Å²) in [5.41, 5.74) is 5.31. The maximum atomic E-state index is 5.31. The predicted octanol–water partition coefficient (Wildman–Crippen LogP) is 1.76. The molecular weight excluding hydrogens is 148 g/mol. The molecule has 1 rings (SSSR count). The molecule has 0 bridgehead atoms. The zero-order valence-electron chi connectivity index (χ0n) is 7.97. The van der Waals surface area contributed by atoms with Crippen molar-refractivity contribution in [2.24, 2.45) is 5.73 Å². The molecule has 1 heterocycles. The minimum atomic E-state index is 1.08. The lowest BCUT2D eigenvalue weighted by molar-refractivity contribution is 0.225. The van der Waals surface area contributed by atoms with E-state index in [9.17, 15) is 0 Å². The molecule has 0 spiro atoms. The number of hydrogen-bond acceptors (Lipinski definition) is 2. The minimum absolute atomic E-state index is 1.08. The van der Waals surface area contributed by atoms with Crippen molar-refractivity contribution in [3.63, 3.8) is 0 Å². The quantitative estimate of drug-likeness (QED) is 0.635. The molecule has 12 heavy (non-hydrogen) atoms. The summed E-state index contributed by atoms with van der Waals surface area (Å²) in [5.74, 6) is 0. The Labute approximate surface area is 76.1 Å². The van der Waals surface area contributed by atoms with Crippen LogP contribution in [-0.4, -0.2) is 24.5 Å². The van der Waals surface area contributed by atoms with Gasteiger partial charge in [-0.3, -0.25) is 0 Å². The van der Waals surface area contributed by atoms with Crippen LogP contribution in [0.5, 0.6) is 0 Å². The van der Waals surface area contributed by atoms with Crippen molar-refractivity contribution in [3.8, 4) is 0 Å². The van der Waals surface area contributed by atoms with Crippen molar-refractivity contribution in [2.45, 2.75) is 38.5 Å². The second-order valence-corrected chi connectivity index (χ2v) is 3.63. The van der Waals surface area contributed by atoms with Crippen LogP contribution in [0.15, 0.2) is 0 Å². The SMILES string of the molecule is N[CH]CCCCN1CCCCC1. The van der Waals surface area contributed by atoms with Gasteiger partial charge >= 0.3 is 0 Å². The van der Waals surface area contributed by atoms with Crippen LogP contribution in [0.1, 0.15) is 38.5 Å². The van der Waals surface area contributed by atoms with Crippen molar-refractivity contribution in [1.82, 2.24) is 4.90 Å². The molecule has 1 saturated heterocycles. The third kappa shape index (κ3) is 4.07. The summed E-state index contributed by atoms with van der Waals surface area (Å²) in [5, 5.41) is 0. The fourth-order valence-corrected chi connectivity index (χ4v) is 1.78. The molecule has 2 nitrogen and oxygen atoms in total. The fraction of sp³-hybridized carbons (Fsp3) is 0.900. The van der Waals surface area contributed by atoms with Gasteiger partial charge in [0.15, 0.2) is 0 Å². The fourth-order valence-electron chi connectivity index (χ4n) is 1.78. The van der Waals surface area contributed by atoms with Crippen LogP contribution in [0.25, 0.3) is 0 Å². The lowest BCUT2D eigenvalue weighted by Gasteiger charge is -2.26. The molecule has 1 radical (unpaired) electrons. The Morgan fingerprint density at radius 3 is 2.50 bits per heavy atom. The molecule has 2 heteroatoms. The van der Waals surface area contributed by atoms with Crippen LogP contribution < -0.4 is 5.73 Å². The first-order valence-corrected chi connectivity index (χ1v) is 5.19. The normalized spacial score (nSPS) is 19.8. The zero-order valence-corrected chi connectivity index (χ0v) is 7.97. The van der Waals surface area contributed by atoms with E-state index in [1.807, 2.05) is 0 Å². The van der Waals surface area contributed by atoms with Gasteiger partial charge in [0.1, 0.15) is 0 Å². The highest BCUT2D eigenvalue weighted by Gasteiger charge is 2.08. The minimum Gasteiger partial charge on any atom is -0.326 e. The van der Waals surface area contributed by atoms with Gasteiger partial charge in [0.25, 0.3) is 0 Å². The number of nitrogens with zero attached hydrogens (tertiary/aromatic N) is 1. The van der Waals surface area contributed by atoms with Gasteiger partial charge in [-0.15, -0.1) is 0 Å². The number of piperidine rings is 1. The van der Waals surface area contributed by atoms with Crippen LogP contribution in [0, 0.1) is 6.54 Å². The van der Waals surface area contributed by atoms with Crippen LogP contribution in [0.3, 0.4) is 0 Å². The topological polar surface area (TPSA) is 29.3 Å². The lowest BCUT2D eigenvalue weighted by Crippen LogP contribution is -2.30. The Bertz CT molecular complexity index is 98.0. The van der Waals surface area contributed by atoms with Crippen molar-refractivity contribution < 1.29 is 0 Å². The summed E-state index contributed by atoms with van der Waals surface area (Å²) in [7, 11) is 0. The summed E-state index contributed by atoms with van der Waals surface area (Å²) >= 11 is 0. The third-order valence-corrected chi connectivity index (χ3v) is 2.54. The second kappa shape index (κ2) is 6.44. The van der Waals surface area contributed by atoms with Gasteiger partial charge in [-0.1, -0.05) is 12.8 Å². The second-order valence-electron chi connectivity index (χ2n) is 3.63. The van der Waals surface area contributed by atoms with Crippen LogP contribution >= 0.6 is 0 Å². The molecule has 71 valence electrons. The molecule has 1 aliphatic rings. The van der Waals surface area contributed by atoms with Gasteiger partial charge in [0.05, 0.1) is 0 Å². The molecule has 0 atom stereocenters. The number of nitrogens with two attached hydrogens (primary N) is 1. The molecule has 0 amide bonds. The summed E-state index contributed by atoms with van der Waals surface area (Å²) in [6.45, 7) is 5.71. The van der Waals surface area contributed by atoms with E-state index in [2.05, 4.69) is 4.90 Å². The zero-order chi connectivity index (χ0) is 8.65. The maximum Gasteiger partial charge on any atom is 0.0192 e. The van der Waals surface area contributed by atoms with E-state index in [0.29, 0.717) is 0 Å². The average molecular weight is 169 g/mol. The van der Waals surface area contributed by atoms with Crippen LogP contribution in [0.2, 0.25) is 0 Å². The van der Waals surface area contributed by atoms with Gasteiger partial charge < -0.3 is 10.6 Å². The molecule has 1 aliphatic heterocycles. The molecule has 0 aromatic carbocycles. The standard InChI is InChI=1S/C10H21N2/c11-7-3-1-4-8-12-9-5-2-6-10-12/h7H,1-6,8-11H2. The highest BCUT2D eigenvalue weighted by Crippen LogP contribution is 2.09. The molecule has 1 fully saturated rings. The highest BCUT2D eigenvalue weighted by molar-refractivity contribution is 4.64. The summed E-state index contributed by atoms with van der Waals surface area (Å²) < 4.78 is 0. The van der Waals surface area contributed by atoms with Crippen molar-refractivity contribution in [1.29, 1.82) is 0 Å². The summed E-state index contributed by atoms with van der Waals surface area (Å²) in [6.07, 6.45) is 7.90. The van der Waals surface area contributed by atoms with Gasteiger partial charge in [0.2, 0.25) is 0 Å². The number of hydrogen-bond donors (Lipinski definition) is 1. The lowest BCUT2D eigenvalue weighted by atomic mass is 10.1. The largest absolute Gasteiger partial charge is 0.326 e. The van der Waals surface area contributed by atoms with Crippen molar-refractivity contribution in [2.75, 3.05) is 19.6 Å². The first kappa shape index (κ1) is 10.0. The molecule has 0 aromatic rings. The van der Waals surface area contributed by atoms with Gasteiger partial charge in [-0.2, -0.15) is 0 Å². The van der Waals surface area contributed by atoms with E-state index in [4.69, 9.17) is 5.73 Å². The molecule has 0 unspecified atom stereocenters. The van der Waals surface area contributed by atoms with Gasteiger partial charge in [0, 0.05) is 6.54 Å². The monoisotopic (exact) mass is 169 g/mol. The first-order valence-electron chi connectivity index (χ1n) is 5.19. The number of unbranched alkanes of at least 4 members (excludes halogenated alkanes) is 2. The molecule has 0 aliphatic carbocycles. The smallest absolute Gasteiger partial charge is 0.0192 e. The van der Waals surface area contributed by atoms with Crippen molar-refractivity contribution >= 4 is 0 Å². The Morgan fingerprint density at radius 1 is 1.08 bits per heavy atom. The molecule has 2 N–H and O–H groups in total. The van der Waals surface area contributed by atoms with E-state index in [1.165, 1.54) is 51.7 Å². The average Bonchev–Trinajstić information content (AvgIpc) is 2.14. The van der Waals surface area contributed by atoms with E-state index < -0.39 is 0 Å². The molecule has 0 aromatic heterocycles. The summed E-state index contributed by atoms with van der Waals surface area (Å²) in [6, 6.07) is 0. The summed E-state index contributed by atoms with van der Waals surface area (Å²) in [4.78, 5) is 2.58. The number of rotatable bonds is 5. The Kier molecular flexibility index (Phi) is 5.37. The van der Waals surface area contributed by atoms with E-state index in [1.54, 1.807) is 6.54 Å². The van der Waals surface area contributed by atoms with Gasteiger partial charge in [-0.05, 0) is 45.3 Å². The number of likely N-dealkylation sites (tertiary alicyclic amines) is 1. The van der Waals surface area contributed by atoms with E-state index >= 15 is 0 Å². The van der Waals surface area contributed by atoms with Gasteiger partial charge in [-0.25, -0.2) is 0 Å². The maximum absolute atomic E-state index is 5.31. The third-order valence-electron chi connectivity index (χ3n) is 2.54. The first-order chi connectivity index (χ1) is 5.93.